The van der Waals surface area contributed by atoms with Crippen LogP contribution in [-0.4, -0.2) is 18.9 Å². The summed E-state index contributed by atoms with van der Waals surface area (Å²) in [4.78, 5) is 27.7. The summed E-state index contributed by atoms with van der Waals surface area (Å²) >= 11 is 1.54. The molecule has 0 bridgehead atoms. The van der Waals surface area contributed by atoms with Crippen molar-refractivity contribution >= 4 is 23.1 Å². The topological polar surface area (TPSA) is 77.8 Å². The van der Waals surface area contributed by atoms with E-state index < -0.39 is 11.9 Å². The number of rotatable bonds is 6. The minimum absolute atomic E-state index is 0.0193. The number of ketones is 1. The van der Waals surface area contributed by atoms with Crippen molar-refractivity contribution in [1.82, 2.24) is 5.32 Å². The van der Waals surface area contributed by atoms with E-state index in [4.69, 9.17) is 13.9 Å². The van der Waals surface area contributed by atoms with Gasteiger partial charge in [-0.15, -0.1) is 11.3 Å². The van der Waals surface area contributed by atoms with Gasteiger partial charge in [0.15, 0.2) is 5.78 Å². The quantitative estimate of drug-likeness (QED) is 0.478. The lowest BCUT2D eigenvalue weighted by molar-refractivity contribution is -0.140. The minimum Gasteiger partial charge on any atom is -0.497 e. The molecule has 6 nitrogen and oxygen atoms in total. The number of ether oxygens (including phenoxy) is 2. The third-order valence-corrected chi connectivity index (χ3v) is 7.29. The lowest BCUT2D eigenvalue weighted by atomic mass is 9.74. The number of furan rings is 1. The smallest absolute Gasteiger partial charge is 0.337 e. The highest BCUT2D eigenvalue weighted by molar-refractivity contribution is 7.10. The summed E-state index contributed by atoms with van der Waals surface area (Å²) in [5.41, 5.74) is 3.58. The van der Waals surface area contributed by atoms with Gasteiger partial charge in [-0.1, -0.05) is 18.2 Å². The molecule has 2 aliphatic rings. The number of methoxy groups -OCH3 is 1. The number of esters is 1. The van der Waals surface area contributed by atoms with E-state index in [1.165, 1.54) is 11.3 Å². The summed E-state index contributed by atoms with van der Waals surface area (Å²) in [5, 5.41) is 5.33. The van der Waals surface area contributed by atoms with Crippen LogP contribution in [0.15, 0.2) is 87.1 Å². The summed E-state index contributed by atoms with van der Waals surface area (Å²) in [6.45, 7) is 2.01. The molecule has 0 radical (unpaired) electrons. The third-order valence-electron chi connectivity index (χ3n) is 6.35. The Kier molecular flexibility index (Phi) is 6.11. The fraction of sp³-hybridized carbons (Fsp3) is 0.259. The predicted molar refractivity (Wildman–Crippen MR) is 128 cm³/mol. The Balaban J connectivity index is 1.43. The van der Waals surface area contributed by atoms with Crippen LogP contribution < -0.4 is 10.1 Å². The standard InChI is InChI=1S/C27H25NO5S/c1-16-24(27(30)33-15-17-7-9-19(31-2)10-8-17)26(23-6-4-12-34-23)25-20(28-16)13-18(14-21(25)29)22-5-3-11-32-22/h3-12,18,26,28H,13-15H2,1-2H3/t18-,26+/m0/s1. The maximum atomic E-state index is 13.4. The van der Waals surface area contributed by atoms with Gasteiger partial charge in [0.05, 0.1) is 24.9 Å². The lowest BCUT2D eigenvalue weighted by Crippen LogP contribution is -2.35. The first-order valence-corrected chi connectivity index (χ1v) is 12.0. The van der Waals surface area contributed by atoms with E-state index in [2.05, 4.69) is 5.32 Å². The van der Waals surface area contributed by atoms with Crippen molar-refractivity contribution in [2.75, 3.05) is 7.11 Å². The molecular formula is C27H25NO5S. The Bertz CT molecular complexity index is 1250. The van der Waals surface area contributed by atoms with Crippen LogP contribution in [0.4, 0.5) is 0 Å². The van der Waals surface area contributed by atoms with Crippen LogP contribution in [0.3, 0.4) is 0 Å². The van der Waals surface area contributed by atoms with E-state index in [-0.39, 0.29) is 18.3 Å². The number of carbonyl (C=O) groups excluding carboxylic acids is 2. The van der Waals surface area contributed by atoms with Crippen molar-refractivity contribution in [1.29, 1.82) is 0 Å². The molecule has 1 aliphatic heterocycles. The summed E-state index contributed by atoms with van der Waals surface area (Å²) in [7, 11) is 1.61. The highest BCUT2D eigenvalue weighted by Crippen LogP contribution is 2.46. The first kappa shape index (κ1) is 22.2. The van der Waals surface area contributed by atoms with Crippen molar-refractivity contribution < 1.29 is 23.5 Å². The SMILES string of the molecule is COc1ccc(COC(=O)C2=C(C)NC3=C(C(=O)C[C@@H](c4ccco4)C3)[C@@H]2c2cccs2)cc1. The molecule has 0 spiro atoms. The van der Waals surface area contributed by atoms with Crippen LogP contribution in [0.5, 0.6) is 5.75 Å². The molecular weight excluding hydrogens is 450 g/mol. The normalized spacial score (nSPS) is 20.1. The molecule has 7 heteroatoms. The number of carbonyl (C=O) groups is 2. The number of benzene rings is 1. The van der Waals surface area contributed by atoms with E-state index >= 15 is 0 Å². The van der Waals surface area contributed by atoms with E-state index in [9.17, 15) is 9.59 Å². The molecule has 3 aromatic rings. The summed E-state index contributed by atoms with van der Waals surface area (Å²) < 4.78 is 16.5. The van der Waals surface area contributed by atoms with Gasteiger partial charge in [0.25, 0.3) is 0 Å². The van der Waals surface area contributed by atoms with Gasteiger partial charge in [0.1, 0.15) is 18.1 Å². The zero-order chi connectivity index (χ0) is 23.7. The second-order valence-corrected chi connectivity index (χ2v) is 9.45. The van der Waals surface area contributed by atoms with Gasteiger partial charge in [-0.3, -0.25) is 4.79 Å². The predicted octanol–water partition coefficient (Wildman–Crippen LogP) is 5.45. The Morgan fingerprint density at radius 1 is 1.15 bits per heavy atom. The van der Waals surface area contributed by atoms with Crippen molar-refractivity contribution in [2.45, 2.75) is 38.2 Å². The Labute approximate surface area is 201 Å². The third kappa shape index (κ3) is 4.19. The van der Waals surface area contributed by atoms with Crippen molar-refractivity contribution in [3.05, 3.63) is 98.9 Å². The molecule has 174 valence electrons. The van der Waals surface area contributed by atoms with Crippen molar-refractivity contribution in [3.63, 3.8) is 0 Å². The molecule has 2 aromatic heterocycles. The lowest BCUT2D eigenvalue weighted by Gasteiger charge is -2.35. The molecule has 1 aromatic carbocycles. The van der Waals surface area contributed by atoms with Gasteiger partial charge in [-0.05, 0) is 54.6 Å². The van der Waals surface area contributed by atoms with Gasteiger partial charge in [-0.2, -0.15) is 0 Å². The number of allylic oxidation sites excluding steroid dienone is 3. The van der Waals surface area contributed by atoms with Crippen LogP contribution in [0.25, 0.3) is 0 Å². The Morgan fingerprint density at radius 2 is 1.97 bits per heavy atom. The molecule has 2 atom stereocenters. The molecule has 0 amide bonds. The highest BCUT2D eigenvalue weighted by atomic mass is 32.1. The fourth-order valence-corrected chi connectivity index (χ4v) is 5.57. The van der Waals surface area contributed by atoms with Crippen molar-refractivity contribution in [3.8, 4) is 5.75 Å². The molecule has 34 heavy (non-hydrogen) atoms. The molecule has 0 unspecified atom stereocenters. The van der Waals surface area contributed by atoms with E-state index in [1.807, 2.05) is 60.8 Å². The van der Waals surface area contributed by atoms with Crippen LogP contribution in [0.2, 0.25) is 0 Å². The van der Waals surface area contributed by atoms with Gasteiger partial charge >= 0.3 is 5.97 Å². The number of nitrogens with one attached hydrogen (secondary N) is 1. The Morgan fingerprint density at radius 3 is 2.65 bits per heavy atom. The Hall–Kier alpha value is -3.58. The van der Waals surface area contributed by atoms with Crippen LogP contribution in [-0.2, 0) is 20.9 Å². The summed E-state index contributed by atoms with van der Waals surface area (Å²) in [5.74, 6) is 0.693. The van der Waals surface area contributed by atoms with E-state index in [0.717, 1.165) is 27.6 Å². The maximum absolute atomic E-state index is 13.4. The van der Waals surface area contributed by atoms with Gasteiger partial charge in [0, 0.05) is 34.2 Å². The number of hydrogen-bond donors (Lipinski definition) is 1. The number of thiophene rings is 1. The first-order valence-electron chi connectivity index (χ1n) is 11.2. The zero-order valence-corrected chi connectivity index (χ0v) is 19.8. The molecule has 0 saturated carbocycles. The highest BCUT2D eigenvalue weighted by Gasteiger charge is 2.42. The molecule has 1 aliphatic carbocycles. The zero-order valence-electron chi connectivity index (χ0n) is 19.0. The monoisotopic (exact) mass is 475 g/mol. The van der Waals surface area contributed by atoms with Gasteiger partial charge < -0.3 is 19.2 Å². The fourth-order valence-electron chi connectivity index (χ4n) is 4.72. The maximum Gasteiger partial charge on any atom is 0.337 e. The van der Waals surface area contributed by atoms with Gasteiger partial charge in [-0.25, -0.2) is 4.79 Å². The number of dihydropyridines is 1. The number of hydrogen-bond acceptors (Lipinski definition) is 7. The second-order valence-electron chi connectivity index (χ2n) is 8.47. The molecule has 5 rings (SSSR count). The first-order chi connectivity index (χ1) is 16.5. The molecule has 0 saturated heterocycles. The van der Waals surface area contributed by atoms with E-state index in [1.54, 1.807) is 13.4 Å². The van der Waals surface area contributed by atoms with Crippen molar-refractivity contribution in [2.24, 2.45) is 0 Å². The average Bonchev–Trinajstić information content (AvgIpc) is 3.56. The number of Topliss-reactive ketones (excluding diaryl/α,β-unsaturated/α-hetero) is 1. The molecule has 0 fully saturated rings. The minimum atomic E-state index is -0.440. The van der Waals surface area contributed by atoms with Crippen LogP contribution in [0.1, 0.15) is 47.8 Å². The van der Waals surface area contributed by atoms with E-state index in [0.29, 0.717) is 29.7 Å². The van der Waals surface area contributed by atoms with Gasteiger partial charge in [0.2, 0.25) is 0 Å². The molecule has 1 N–H and O–H groups in total. The summed E-state index contributed by atoms with van der Waals surface area (Å²) in [6.07, 6.45) is 2.64. The summed E-state index contributed by atoms with van der Waals surface area (Å²) in [6, 6.07) is 15.1. The van der Waals surface area contributed by atoms with Crippen LogP contribution >= 0.6 is 11.3 Å². The second kappa shape index (κ2) is 9.35. The molecule has 3 heterocycles. The average molecular weight is 476 g/mol. The van der Waals surface area contributed by atoms with Crippen LogP contribution in [0, 0.1) is 0 Å². The largest absolute Gasteiger partial charge is 0.497 e.